The van der Waals surface area contributed by atoms with Gasteiger partial charge >= 0.3 is 6.09 Å². The van der Waals surface area contributed by atoms with Crippen molar-refractivity contribution < 1.29 is 18.7 Å². The Bertz CT molecular complexity index is 1140. The molecule has 0 saturated carbocycles. The zero-order valence-electron chi connectivity index (χ0n) is 20.4. The van der Waals surface area contributed by atoms with Crippen molar-refractivity contribution in [2.24, 2.45) is 0 Å². The monoisotopic (exact) mass is 478 g/mol. The van der Waals surface area contributed by atoms with E-state index in [4.69, 9.17) is 4.74 Å². The number of hydrogen-bond acceptors (Lipinski definition) is 5. The summed E-state index contributed by atoms with van der Waals surface area (Å²) in [4.78, 5) is 29.2. The molecule has 2 aliphatic rings. The van der Waals surface area contributed by atoms with E-state index in [1.165, 1.54) is 17.0 Å². The maximum Gasteiger partial charge on any atom is 0.410 e. The molecule has 8 heteroatoms. The highest BCUT2D eigenvalue weighted by molar-refractivity contribution is 5.86. The molecule has 2 fully saturated rings. The van der Waals surface area contributed by atoms with E-state index in [2.05, 4.69) is 16.3 Å². The zero-order valence-corrected chi connectivity index (χ0v) is 20.4. The van der Waals surface area contributed by atoms with E-state index in [0.717, 1.165) is 29.7 Å². The van der Waals surface area contributed by atoms with E-state index in [9.17, 15) is 19.2 Å². The van der Waals surface area contributed by atoms with Crippen LogP contribution in [0.2, 0.25) is 0 Å². The van der Waals surface area contributed by atoms with E-state index in [1.54, 1.807) is 12.1 Å². The van der Waals surface area contributed by atoms with Gasteiger partial charge in [-0.15, -0.1) is 0 Å². The molecule has 2 heterocycles. The second-order valence-corrected chi connectivity index (χ2v) is 10.1. The van der Waals surface area contributed by atoms with Gasteiger partial charge in [0.15, 0.2) is 0 Å². The zero-order chi connectivity index (χ0) is 25.2. The third-order valence-electron chi connectivity index (χ3n) is 6.35. The Labute approximate surface area is 205 Å². The Hall–Kier alpha value is -3.60. The predicted molar refractivity (Wildman–Crippen MR) is 131 cm³/mol. The lowest BCUT2D eigenvalue weighted by Crippen LogP contribution is -2.50. The number of nitrogens with zero attached hydrogens (tertiary/aromatic N) is 3. The van der Waals surface area contributed by atoms with E-state index in [-0.39, 0.29) is 17.8 Å². The molecule has 0 radical (unpaired) electrons. The summed E-state index contributed by atoms with van der Waals surface area (Å²) >= 11 is 0. The summed E-state index contributed by atoms with van der Waals surface area (Å²) in [6, 6.07) is 13.5. The molecule has 2 atom stereocenters. The second kappa shape index (κ2) is 9.95. The Kier molecular flexibility index (Phi) is 6.97. The molecule has 184 valence electrons. The van der Waals surface area contributed by atoms with Crippen LogP contribution >= 0.6 is 0 Å². The summed E-state index contributed by atoms with van der Waals surface area (Å²) in [5, 5.41) is 12.9. The second-order valence-electron chi connectivity index (χ2n) is 10.1. The van der Waals surface area contributed by atoms with Gasteiger partial charge in [0, 0.05) is 25.7 Å². The maximum absolute atomic E-state index is 13.3. The first kappa shape index (κ1) is 24.5. The van der Waals surface area contributed by atoms with Crippen LogP contribution in [0.5, 0.6) is 0 Å². The minimum Gasteiger partial charge on any atom is -0.444 e. The molecular weight excluding hydrogens is 447 g/mol. The van der Waals surface area contributed by atoms with Crippen LogP contribution in [0.3, 0.4) is 0 Å². The molecule has 0 aromatic heterocycles. The number of carbonyl (C=O) groups is 2. The number of anilines is 1. The SMILES string of the molecule is CC(C)(C)OC(=O)N1CCCC1C(=O)NC1CCN(c2ccc(-c3ccc(F)cc3)cc2C#N)C1. The number of likely N-dealkylation sites (tertiary alicyclic amines) is 1. The number of nitrogens with one attached hydrogen (secondary N) is 1. The molecular formula is C27H31FN4O3. The van der Waals surface area contributed by atoms with Crippen molar-refractivity contribution in [1.82, 2.24) is 10.2 Å². The first-order chi connectivity index (χ1) is 16.6. The minimum atomic E-state index is -0.614. The molecule has 2 unspecified atom stereocenters. The molecule has 7 nitrogen and oxygen atoms in total. The maximum atomic E-state index is 13.3. The van der Waals surface area contributed by atoms with E-state index in [0.29, 0.717) is 31.6 Å². The van der Waals surface area contributed by atoms with Crippen molar-refractivity contribution in [3.63, 3.8) is 0 Å². The highest BCUT2D eigenvalue weighted by atomic mass is 19.1. The average molecular weight is 479 g/mol. The van der Waals surface area contributed by atoms with Gasteiger partial charge < -0.3 is 15.0 Å². The summed E-state index contributed by atoms with van der Waals surface area (Å²) in [5.41, 5.74) is 2.42. The van der Waals surface area contributed by atoms with Gasteiger partial charge in [0.1, 0.15) is 23.5 Å². The number of amides is 2. The minimum absolute atomic E-state index is 0.0769. The Balaban J connectivity index is 1.40. The first-order valence-electron chi connectivity index (χ1n) is 12.0. The fraction of sp³-hybridized carbons (Fsp3) is 0.444. The largest absolute Gasteiger partial charge is 0.444 e. The molecule has 2 amide bonds. The molecule has 1 N–H and O–H groups in total. The highest BCUT2D eigenvalue weighted by Gasteiger charge is 2.38. The summed E-state index contributed by atoms with van der Waals surface area (Å²) in [6.45, 7) is 7.22. The number of rotatable bonds is 4. The highest BCUT2D eigenvalue weighted by Crippen LogP contribution is 2.30. The van der Waals surface area contributed by atoms with Gasteiger partial charge in [0.25, 0.3) is 0 Å². The summed E-state index contributed by atoms with van der Waals surface area (Å²) in [7, 11) is 0. The molecule has 0 bridgehead atoms. The van der Waals surface area contributed by atoms with E-state index in [1.807, 2.05) is 39.0 Å². The summed E-state index contributed by atoms with van der Waals surface area (Å²) < 4.78 is 18.7. The van der Waals surface area contributed by atoms with Crippen molar-refractivity contribution in [2.75, 3.05) is 24.5 Å². The average Bonchev–Trinajstić information content (AvgIpc) is 3.48. The van der Waals surface area contributed by atoms with Crippen molar-refractivity contribution in [1.29, 1.82) is 5.26 Å². The van der Waals surface area contributed by atoms with Gasteiger partial charge in [0.2, 0.25) is 5.91 Å². The van der Waals surface area contributed by atoms with Crippen LogP contribution in [-0.2, 0) is 9.53 Å². The normalized spacial score (nSPS) is 20.0. The van der Waals surface area contributed by atoms with Gasteiger partial charge in [-0.05, 0) is 75.4 Å². The van der Waals surface area contributed by atoms with Gasteiger partial charge in [-0.2, -0.15) is 5.26 Å². The molecule has 2 aliphatic heterocycles. The topological polar surface area (TPSA) is 85.7 Å². The lowest BCUT2D eigenvalue weighted by Gasteiger charge is -2.28. The molecule has 2 aromatic carbocycles. The third kappa shape index (κ3) is 5.73. The molecule has 4 rings (SSSR count). The van der Waals surface area contributed by atoms with Gasteiger partial charge in [-0.25, -0.2) is 9.18 Å². The fourth-order valence-electron chi connectivity index (χ4n) is 4.70. The lowest BCUT2D eigenvalue weighted by molar-refractivity contribution is -0.126. The Morgan fingerprint density at radius 1 is 1.09 bits per heavy atom. The Morgan fingerprint density at radius 2 is 1.80 bits per heavy atom. The van der Waals surface area contributed by atoms with Crippen LogP contribution < -0.4 is 10.2 Å². The molecule has 0 aliphatic carbocycles. The van der Waals surface area contributed by atoms with E-state index < -0.39 is 17.7 Å². The van der Waals surface area contributed by atoms with E-state index >= 15 is 0 Å². The molecule has 35 heavy (non-hydrogen) atoms. The lowest BCUT2D eigenvalue weighted by atomic mass is 10.0. The Morgan fingerprint density at radius 3 is 2.49 bits per heavy atom. The predicted octanol–water partition coefficient (Wildman–Crippen LogP) is 4.46. The van der Waals surface area contributed by atoms with Crippen molar-refractivity contribution in [3.8, 4) is 17.2 Å². The van der Waals surface area contributed by atoms with Gasteiger partial charge in [-0.1, -0.05) is 18.2 Å². The summed E-state index contributed by atoms with van der Waals surface area (Å²) in [5.74, 6) is -0.463. The van der Waals surface area contributed by atoms with Crippen molar-refractivity contribution in [2.45, 2.75) is 57.7 Å². The van der Waals surface area contributed by atoms with Crippen LogP contribution in [0.25, 0.3) is 11.1 Å². The number of carbonyl (C=O) groups excluding carboxylic acids is 2. The van der Waals surface area contributed by atoms with Crippen LogP contribution in [0.4, 0.5) is 14.9 Å². The number of hydrogen-bond donors (Lipinski definition) is 1. The van der Waals surface area contributed by atoms with Gasteiger partial charge in [-0.3, -0.25) is 9.69 Å². The molecule has 2 saturated heterocycles. The quantitative estimate of drug-likeness (QED) is 0.701. The summed E-state index contributed by atoms with van der Waals surface area (Å²) in [6.07, 6.45) is 1.67. The number of benzene rings is 2. The van der Waals surface area contributed by atoms with Gasteiger partial charge in [0.05, 0.1) is 11.3 Å². The molecule has 0 spiro atoms. The molecule has 2 aromatic rings. The third-order valence-corrected chi connectivity index (χ3v) is 6.35. The van der Waals surface area contributed by atoms with Crippen molar-refractivity contribution in [3.05, 3.63) is 53.8 Å². The van der Waals surface area contributed by atoms with Crippen LogP contribution in [-0.4, -0.2) is 54.2 Å². The fourth-order valence-corrected chi connectivity index (χ4v) is 4.70. The van der Waals surface area contributed by atoms with Crippen LogP contribution in [0.15, 0.2) is 42.5 Å². The number of nitriles is 1. The van der Waals surface area contributed by atoms with Crippen molar-refractivity contribution >= 4 is 17.7 Å². The first-order valence-corrected chi connectivity index (χ1v) is 12.0. The number of ether oxygens (including phenoxy) is 1. The standard InChI is InChI=1S/C27H31FN4O3/c1-27(2,3)35-26(34)32-13-4-5-24(32)25(33)30-22-12-14-31(17-22)23-11-8-19(15-20(23)16-29)18-6-9-21(28)10-7-18/h6-11,15,22,24H,4-5,12-14,17H2,1-3H3,(H,30,33). The number of halogens is 1. The smallest absolute Gasteiger partial charge is 0.410 e. The van der Waals surface area contributed by atoms with Crippen LogP contribution in [0, 0.1) is 17.1 Å². The van der Waals surface area contributed by atoms with Crippen LogP contribution in [0.1, 0.15) is 45.6 Å².